The molecule has 0 fully saturated rings. The van der Waals surface area contributed by atoms with E-state index < -0.39 is 22.0 Å². The van der Waals surface area contributed by atoms with Crippen LogP contribution in [0.5, 0.6) is 0 Å². The minimum atomic E-state index is -4.09. The van der Waals surface area contributed by atoms with E-state index in [2.05, 4.69) is 0 Å². The predicted octanol–water partition coefficient (Wildman–Crippen LogP) is -0.987. The molecule has 0 heterocycles. The van der Waals surface area contributed by atoms with Crippen molar-refractivity contribution in [2.45, 2.75) is 19.4 Å². The average molecular weight is 222 g/mol. The van der Waals surface area contributed by atoms with Crippen LogP contribution in [0.25, 0.3) is 0 Å². The first-order valence-electron chi connectivity index (χ1n) is 3.66. The minimum absolute atomic E-state index is 0. The summed E-state index contributed by atoms with van der Waals surface area (Å²) in [5, 5.41) is 8.95. The molecule has 0 aliphatic rings. The molecule has 0 saturated carbocycles. The summed E-state index contributed by atoms with van der Waals surface area (Å²) in [6, 6.07) is 0. The van der Waals surface area contributed by atoms with E-state index in [1.165, 1.54) is 0 Å². The van der Waals surface area contributed by atoms with E-state index >= 15 is 0 Å². The molecule has 0 rings (SSSR count). The molecule has 0 radical (unpaired) electrons. The summed E-state index contributed by atoms with van der Waals surface area (Å²) >= 11 is 0. The Bertz CT molecular complexity index is 203. The van der Waals surface area contributed by atoms with E-state index in [1.54, 1.807) is 0 Å². The van der Waals surface area contributed by atoms with E-state index in [9.17, 15) is 8.42 Å². The Morgan fingerprint density at radius 1 is 1.46 bits per heavy atom. The molecular formula is C6H15NaO5S. The van der Waals surface area contributed by atoms with Gasteiger partial charge in [0.1, 0.15) is 5.75 Å². The van der Waals surface area contributed by atoms with Gasteiger partial charge in [-0.25, -0.2) is 0 Å². The van der Waals surface area contributed by atoms with Gasteiger partial charge in [-0.2, -0.15) is 8.42 Å². The molecule has 0 saturated heterocycles. The van der Waals surface area contributed by atoms with Crippen LogP contribution in [0.1, 0.15) is 13.3 Å². The SMILES string of the molecule is CCCOCC(O)CS(=O)(=O)O.[NaH]. The van der Waals surface area contributed by atoms with Gasteiger partial charge in [0, 0.05) is 6.61 Å². The maximum atomic E-state index is 10.2. The first kappa shape index (κ1) is 16.3. The molecule has 2 N–H and O–H groups in total. The fraction of sp³-hybridized carbons (Fsp3) is 1.00. The summed E-state index contributed by atoms with van der Waals surface area (Å²) in [6.45, 7) is 2.31. The molecule has 0 aromatic heterocycles. The summed E-state index contributed by atoms with van der Waals surface area (Å²) in [7, 11) is -4.09. The van der Waals surface area contributed by atoms with Crippen molar-refractivity contribution in [1.82, 2.24) is 0 Å². The van der Waals surface area contributed by atoms with Gasteiger partial charge < -0.3 is 9.84 Å². The topological polar surface area (TPSA) is 83.8 Å². The molecule has 0 aromatic carbocycles. The van der Waals surface area contributed by atoms with E-state index in [4.69, 9.17) is 14.4 Å². The molecule has 76 valence electrons. The molecule has 7 heteroatoms. The number of ether oxygens (including phenoxy) is 1. The van der Waals surface area contributed by atoms with Gasteiger partial charge in [-0.1, -0.05) is 6.92 Å². The van der Waals surface area contributed by atoms with Crippen molar-refractivity contribution in [3.8, 4) is 0 Å². The van der Waals surface area contributed by atoms with Crippen LogP contribution in [0.3, 0.4) is 0 Å². The normalized spacial score (nSPS) is 13.5. The molecule has 0 aliphatic carbocycles. The van der Waals surface area contributed by atoms with E-state index in [0.717, 1.165) is 6.42 Å². The standard InChI is InChI=1S/C6H14O5S.Na.H/c1-2-3-11-4-6(7)5-12(8,9)10;;/h6-7H,2-5H2,1H3,(H,8,9,10);;. The van der Waals surface area contributed by atoms with Crippen LogP contribution in [0.4, 0.5) is 0 Å². The Balaban J connectivity index is 0. The fourth-order valence-corrected chi connectivity index (χ4v) is 1.24. The van der Waals surface area contributed by atoms with Crippen LogP contribution < -0.4 is 0 Å². The van der Waals surface area contributed by atoms with Gasteiger partial charge >= 0.3 is 29.6 Å². The van der Waals surface area contributed by atoms with Crippen molar-refractivity contribution in [3.05, 3.63) is 0 Å². The van der Waals surface area contributed by atoms with Crippen LogP contribution in [-0.2, 0) is 14.9 Å². The van der Waals surface area contributed by atoms with Crippen molar-refractivity contribution < 1.29 is 22.8 Å². The van der Waals surface area contributed by atoms with Crippen LogP contribution in [0.2, 0.25) is 0 Å². The quantitative estimate of drug-likeness (QED) is 0.342. The monoisotopic (exact) mass is 222 g/mol. The third kappa shape index (κ3) is 12.8. The molecule has 1 unspecified atom stereocenters. The molecule has 1 atom stereocenters. The molecule has 0 aliphatic heterocycles. The Labute approximate surface area is 101 Å². The Hall–Kier alpha value is 0.830. The van der Waals surface area contributed by atoms with Crippen molar-refractivity contribution in [2.24, 2.45) is 0 Å². The second-order valence-corrected chi connectivity index (χ2v) is 3.97. The fourth-order valence-electron chi connectivity index (χ4n) is 0.655. The molecule has 0 spiro atoms. The Morgan fingerprint density at radius 2 is 2.00 bits per heavy atom. The van der Waals surface area contributed by atoms with E-state index in [0.29, 0.717) is 6.61 Å². The van der Waals surface area contributed by atoms with Crippen LogP contribution in [-0.4, -0.2) is 72.7 Å². The number of rotatable bonds is 6. The summed E-state index contributed by atoms with van der Waals surface area (Å²) < 4.78 is 33.6. The molecule has 13 heavy (non-hydrogen) atoms. The molecule has 0 amide bonds. The maximum absolute atomic E-state index is 10.2. The number of hydrogen-bond donors (Lipinski definition) is 2. The zero-order chi connectivity index (χ0) is 9.61. The zero-order valence-corrected chi connectivity index (χ0v) is 7.75. The third-order valence-corrected chi connectivity index (χ3v) is 1.87. The van der Waals surface area contributed by atoms with Crippen LogP contribution in [0.15, 0.2) is 0 Å². The Kier molecular flexibility index (Phi) is 10.2. The number of aliphatic hydroxyl groups is 1. The van der Waals surface area contributed by atoms with E-state index in [-0.39, 0.29) is 36.2 Å². The zero-order valence-electron chi connectivity index (χ0n) is 6.93. The second kappa shape index (κ2) is 8.16. The second-order valence-electron chi connectivity index (χ2n) is 2.48. The Morgan fingerprint density at radius 3 is 2.38 bits per heavy atom. The number of aliphatic hydroxyl groups excluding tert-OH is 1. The van der Waals surface area contributed by atoms with Crippen LogP contribution >= 0.6 is 0 Å². The molecule has 5 nitrogen and oxygen atoms in total. The van der Waals surface area contributed by atoms with Crippen LogP contribution in [0, 0.1) is 0 Å². The number of hydrogen-bond acceptors (Lipinski definition) is 4. The van der Waals surface area contributed by atoms with Gasteiger partial charge in [-0.05, 0) is 6.42 Å². The summed E-state index contributed by atoms with van der Waals surface area (Å²) in [6.07, 6.45) is -0.343. The summed E-state index contributed by atoms with van der Waals surface area (Å²) in [5.41, 5.74) is 0. The van der Waals surface area contributed by atoms with Gasteiger partial charge in [-0.15, -0.1) is 0 Å². The van der Waals surface area contributed by atoms with Gasteiger partial charge in [0.2, 0.25) is 0 Å². The van der Waals surface area contributed by atoms with Gasteiger partial charge in [-0.3, -0.25) is 4.55 Å². The van der Waals surface area contributed by atoms with Crippen molar-refractivity contribution in [1.29, 1.82) is 0 Å². The summed E-state index contributed by atoms with van der Waals surface area (Å²) in [5.74, 6) is -0.670. The first-order chi connectivity index (χ1) is 5.45. The van der Waals surface area contributed by atoms with Gasteiger partial charge in [0.25, 0.3) is 10.1 Å². The predicted molar refractivity (Wildman–Crippen MR) is 50.7 cm³/mol. The average Bonchev–Trinajstić information content (AvgIpc) is 1.84. The van der Waals surface area contributed by atoms with Crippen molar-refractivity contribution >= 4 is 39.7 Å². The van der Waals surface area contributed by atoms with Gasteiger partial charge in [0.15, 0.2) is 0 Å². The van der Waals surface area contributed by atoms with Gasteiger partial charge in [0.05, 0.1) is 12.7 Å². The third-order valence-electron chi connectivity index (χ3n) is 1.06. The summed E-state index contributed by atoms with van der Waals surface area (Å²) in [4.78, 5) is 0. The molecule has 0 aromatic rings. The molecular weight excluding hydrogens is 207 g/mol. The van der Waals surface area contributed by atoms with Crippen molar-refractivity contribution in [2.75, 3.05) is 19.0 Å². The van der Waals surface area contributed by atoms with Crippen molar-refractivity contribution in [3.63, 3.8) is 0 Å². The molecule has 0 bridgehead atoms. The van der Waals surface area contributed by atoms with E-state index in [1.807, 2.05) is 6.92 Å². The first-order valence-corrected chi connectivity index (χ1v) is 5.27.